The van der Waals surface area contributed by atoms with E-state index in [2.05, 4.69) is 10.6 Å². The molecule has 2 fully saturated rings. The van der Waals surface area contributed by atoms with Crippen LogP contribution in [0.15, 0.2) is 0 Å². The van der Waals surface area contributed by atoms with Crippen LogP contribution >= 0.6 is 0 Å². The van der Waals surface area contributed by atoms with Gasteiger partial charge < -0.3 is 10.6 Å². The largest absolute Gasteiger partial charge is 0.317 e. The minimum Gasteiger partial charge on any atom is -0.317 e. The first-order valence-electron chi connectivity index (χ1n) is 5.63. The van der Waals surface area contributed by atoms with Gasteiger partial charge in [0.05, 0.1) is 0 Å². The highest BCUT2D eigenvalue weighted by Crippen LogP contribution is 2.15. The van der Waals surface area contributed by atoms with E-state index >= 15 is 0 Å². The van der Waals surface area contributed by atoms with Gasteiger partial charge in [0.25, 0.3) is 0 Å². The van der Waals surface area contributed by atoms with Gasteiger partial charge in [-0.1, -0.05) is 0 Å². The van der Waals surface area contributed by atoms with Crippen molar-refractivity contribution in [2.45, 2.75) is 25.3 Å². The Morgan fingerprint density at radius 2 is 2.00 bits per heavy atom. The molecule has 0 spiro atoms. The van der Waals surface area contributed by atoms with Gasteiger partial charge in [-0.05, 0) is 44.8 Å². The van der Waals surface area contributed by atoms with Crippen molar-refractivity contribution in [2.75, 3.05) is 31.1 Å². The summed E-state index contributed by atoms with van der Waals surface area (Å²) in [6.45, 7) is 3.50. The van der Waals surface area contributed by atoms with Crippen molar-refractivity contribution < 1.29 is 4.21 Å². The molecule has 0 radical (unpaired) electrons. The monoisotopic (exact) mass is 216 g/mol. The van der Waals surface area contributed by atoms with Gasteiger partial charge in [0.1, 0.15) is 0 Å². The Hall–Kier alpha value is 0.0700. The van der Waals surface area contributed by atoms with Crippen LogP contribution in [0.1, 0.15) is 19.3 Å². The molecule has 0 aromatic carbocycles. The summed E-state index contributed by atoms with van der Waals surface area (Å²) in [7, 11) is -0.503. The van der Waals surface area contributed by atoms with Crippen LogP contribution < -0.4 is 10.6 Å². The predicted octanol–water partition coefficient (Wildman–Crippen LogP) is 0.0966. The Morgan fingerprint density at radius 1 is 1.29 bits per heavy atom. The third-order valence-corrected chi connectivity index (χ3v) is 4.77. The van der Waals surface area contributed by atoms with Gasteiger partial charge in [0.2, 0.25) is 0 Å². The van der Waals surface area contributed by atoms with Crippen LogP contribution in [0.5, 0.6) is 0 Å². The van der Waals surface area contributed by atoms with E-state index in [-0.39, 0.29) is 0 Å². The molecule has 2 rings (SSSR count). The summed E-state index contributed by atoms with van der Waals surface area (Å²) in [5, 5.41) is 6.86. The lowest BCUT2D eigenvalue weighted by Gasteiger charge is -2.28. The first kappa shape index (κ1) is 10.6. The molecule has 14 heavy (non-hydrogen) atoms. The van der Waals surface area contributed by atoms with Crippen molar-refractivity contribution in [3.05, 3.63) is 0 Å². The van der Waals surface area contributed by atoms with E-state index < -0.39 is 10.8 Å². The molecule has 0 aromatic heterocycles. The SMILES string of the molecule is O=S1CC(NCCC2CCNCC2)C1. The predicted molar refractivity (Wildman–Crippen MR) is 59.9 cm³/mol. The number of piperidine rings is 1. The Labute approximate surface area is 88.5 Å². The van der Waals surface area contributed by atoms with Crippen LogP contribution in [0.4, 0.5) is 0 Å². The van der Waals surface area contributed by atoms with Crippen molar-refractivity contribution in [3.63, 3.8) is 0 Å². The highest BCUT2D eigenvalue weighted by molar-refractivity contribution is 7.86. The van der Waals surface area contributed by atoms with Gasteiger partial charge in [-0.2, -0.15) is 0 Å². The van der Waals surface area contributed by atoms with Crippen molar-refractivity contribution >= 4 is 10.8 Å². The maximum Gasteiger partial charge on any atom is 0.0398 e. The van der Waals surface area contributed by atoms with Crippen LogP contribution in [-0.4, -0.2) is 41.4 Å². The molecule has 82 valence electrons. The third kappa shape index (κ3) is 3.04. The molecule has 0 aliphatic carbocycles. The maximum absolute atomic E-state index is 10.8. The highest BCUT2D eigenvalue weighted by Gasteiger charge is 2.24. The molecule has 0 saturated carbocycles. The van der Waals surface area contributed by atoms with Gasteiger partial charge in [0, 0.05) is 28.3 Å². The Bertz CT molecular complexity index is 196. The molecule has 0 bridgehead atoms. The number of hydrogen-bond acceptors (Lipinski definition) is 3. The van der Waals surface area contributed by atoms with E-state index in [9.17, 15) is 4.21 Å². The average Bonchev–Trinajstić information content (AvgIpc) is 2.17. The first-order valence-corrected chi connectivity index (χ1v) is 7.12. The smallest absolute Gasteiger partial charge is 0.0398 e. The molecule has 2 heterocycles. The van der Waals surface area contributed by atoms with Crippen molar-refractivity contribution in [3.8, 4) is 0 Å². The normalized spacial score (nSPS) is 34.0. The molecule has 0 amide bonds. The van der Waals surface area contributed by atoms with E-state index in [1.165, 1.54) is 32.4 Å². The zero-order chi connectivity index (χ0) is 9.80. The first-order chi connectivity index (χ1) is 6.84. The van der Waals surface area contributed by atoms with E-state index in [1.54, 1.807) is 0 Å². The van der Waals surface area contributed by atoms with E-state index in [1.807, 2.05) is 0 Å². The second kappa shape index (κ2) is 5.24. The van der Waals surface area contributed by atoms with Gasteiger partial charge in [-0.15, -0.1) is 0 Å². The summed E-state index contributed by atoms with van der Waals surface area (Å²) in [6.07, 6.45) is 3.96. The van der Waals surface area contributed by atoms with Gasteiger partial charge in [-0.3, -0.25) is 4.21 Å². The molecule has 0 atom stereocenters. The minimum atomic E-state index is -0.503. The van der Waals surface area contributed by atoms with Gasteiger partial charge in [-0.25, -0.2) is 0 Å². The molecule has 2 aliphatic rings. The second-order valence-electron chi connectivity index (χ2n) is 4.41. The molecule has 0 unspecified atom stereocenters. The molecular weight excluding hydrogens is 196 g/mol. The zero-order valence-electron chi connectivity index (χ0n) is 8.63. The standard InChI is InChI=1S/C10H20N2OS/c13-14-7-10(8-14)12-6-3-9-1-4-11-5-2-9/h9-12H,1-8H2. The van der Waals surface area contributed by atoms with Crippen LogP contribution in [0.3, 0.4) is 0 Å². The molecular formula is C10H20N2OS. The number of hydrogen-bond donors (Lipinski definition) is 2. The Morgan fingerprint density at radius 3 is 2.64 bits per heavy atom. The molecule has 2 N–H and O–H groups in total. The molecule has 2 saturated heterocycles. The van der Waals surface area contributed by atoms with Crippen molar-refractivity contribution in [2.24, 2.45) is 5.92 Å². The zero-order valence-corrected chi connectivity index (χ0v) is 9.44. The van der Waals surface area contributed by atoms with Gasteiger partial charge >= 0.3 is 0 Å². The lowest BCUT2D eigenvalue weighted by molar-refractivity contribution is 0.343. The summed E-state index contributed by atoms with van der Waals surface area (Å²) in [5.41, 5.74) is 0. The van der Waals surface area contributed by atoms with E-state index in [4.69, 9.17) is 0 Å². The fraction of sp³-hybridized carbons (Fsp3) is 1.00. The third-order valence-electron chi connectivity index (χ3n) is 3.22. The fourth-order valence-electron chi connectivity index (χ4n) is 2.18. The average molecular weight is 216 g/mol. The van der Waals surface area contributed by atoms with E-state index in [0.717, 1.165) is 24.0 Å². The summed E-state index contributed by atoms with van der Waals surface area (Å²) in [5.74, 6) is 2.67. The van der Waals surface area contributed by atoms with Crippen LogP contribution in [0.25, 0.3) is 0 Å². The summed E-state index contributed by atoms with van der Waals surface area (Å²) in [4.78, 5) is 0. The number of nitrogens with one attached hydrogen (secondary N) is 2. The van der Waals surface area contributed by atoms with Crippen LogP contribution in [-0.2, 0) is 10.8 Å². The lowest BCUT2D eigenvalue weighted by atomic mass is 9.95. The summed E-state index contributed by atoms with van der Waals surface area (Å²) < 4.78 is 10.8. The van der Waals surface area contributed by atoms with Crippen LogP contribution in [0, 0.1) is 5.92 Å². The minimum absolute atomic E-state index is 0.503. The maximum atomic E-state index is 10.8. The Balaban J connectivity index is 1.51. The van der Waals surface area contributed by atoms with Gasteiger partial charge in [0.15, 0.2) is 0 Å². The molecule has 2 aliphatic heterocycles. The Kier molecular flexibility index (Phi) is 3.96. The fourth-order valence-corrected chi connectivity index (χ4v) is 3.22. The lowest BCUT2D eigenvalue weighted by Crippen LogP contribution is -2.48. The summed E-state index contributed by atoms with van der Waals surface area (Å²) in [6, 6.07) is 0.553. The van der Waals surface area contributed by atoms with Crippen molar-refractivity contribution in [1.82, 2.24) is 10.6 Å². The number of rotatable bonds is 4. The molecule has 0 aromatic rings. The highest BCUT2D eigenvalue weighted by atomic mass is 32.2. The molecule has 3 nitrogen and oxygen atoms in total. The van der Waals surface area contributed by atoms with E-state index in [0.29, 0.717) is 6.04 Å². The van der Waals surface area contributed by atoms with Crippen LogP contribution in [0.2, 0.25) is 0 Å². The van der Waals surface area contributed by atoms with Crippen molar-refractivity contribution in [1.29, 1.82) is 0 Å². The topological polar surface area (TPSA) is 41.1 Å². The quantitative estimate of drug-likeness (QED) is 0.700. The summed E-state index contributed by atoms with van der Waals surface area (Å²) >= 11 is 0. The second-order valence-corrected chi connectivity index (χ2v) is 5.95. The molecule has 4 heteroatoms.